The molecule has 0 spiro atoms. The lowest BCUT2D eigenvalue weighted by molar-refractivity contribution is -0.164. The molecule has 0 aliphatic carbocycles. The van der Waals surface area contributed by atoms with Crippen LogP contribution in [0, 0.1) is 17.1 Å². The summed E-state index contributed by atoms with van der Waals surface area (Å²) in [5, 5.41) is 11.3. The Labute approximate surface area is 168 Å². The highest BCUT2D eigenvalue weighted by Crippen LogP contribution is 2.41. The first-order valence-electron chi connectivity index (χ1n) is 8.58. The van der Waals surface area contributed by atoms with E-state index in [4.69, 9.17) is 15.7 Å². The van der Waals surface area contributed by atoms with Gasteiger partial charge in [-0.05, 0) is 37.3 Å². The maximum atomic E-state index is 14.5. The van der Waals surface area contributed by atoms with Crippen molar-refractivity contribution in [3.63, 3.8) is 0 Å². The van der Waals surface area contributed by atoms with Crippen molar-refractivity contribution in [3.8, 4) is 6.07 Å². The van der Waals surface area contributed by atoms with E-state index < -0.39 is 42.0 Å². The second-order valence-electron chi connectivity index (χ2n) is 6.75. The normalized spacial score (nSPS) is 21.2. The van der Waals surface area contributed by atoms with E-state index in [9.17, 15) is 22.4 Å². The number of nitrogens with one attached hydrogen (secondary N) is 1. The minimum atomic E-state index is -4.68. The Hall–Kier alpha value is -3.68. The first-order valence-corrected chi connectivity index (χ1v) is 8.58. The number of halogens is 4. The number of benzene rings is 1. The molecule has 1 aromatic carbocycles. The molecule has 11 heteroatoms. The van der Waals surface area contributed by atoms with Crippen molar-refractivity contribution >= 4 is 17.6 Å². The van der Waals surface area contributed by atoms with Crippen molar-refractivity contribution in [2.75, 3.05) is 5.32 Å². The van der Waals surface area contributed by atoms with Gasteiger partial charge < -0.3 is 15.8 Å². The Morgan fingerprint density at radius 2 is 2.10 bits per heavy atom. The van der Waals surface area contributed by atoms with E-state index in [0.29, 0.717) is 0 Å². The van der Waals surface area contributed by atoms with E-state index >= 15 is 0 Å². The number of alkyl halides is 3. The lowest BCUT2D eigenvalue weighted by Crippen LogP contribution is -2.46. The Kier molecular flexibility index (Phi) is 5.35. The number of carbonyl (C=O) groups excluding carboxylic acids is 1. The molecule has 2 aromatic rings. The number of aromatic nitrogens is 1. The summed E-state index contributed by atoms with van der Waals surface area (Å²) in [6.07, 6.45) is -4.16. The number of hydrogen-bond acceptors (Lipinski definition) is 6. The van der Waals surface area contributed by atoms with E-state index in [1.54, 1.807) is 0 Å². The van der Waals surface area contributed by atoms with E-state index in [0.717, 1.165) is 6.07 Å². The molecule has 156 valence electrons. The van der Waals surface area contributed by atoms with Gasteiger partial charge in [-0.25, -0.2) is 14.4 Å². The number of anilines is 1. The quantitative estimate of drug-likeness (QED) is 0.739. The number of rotatable bonds is 3. The first-order chi connectivity index (χ1) is 14.0. The molecule has 0 radical (unpaired) electrons. The van der Waals surface area contributed by atoms with Crippen LogP contribution >= 0.6 is 0 Å². The smallest absolute Gasteiger partial charge is 0.411 e. The third kappa shape index (κ3) is 4.32. The number of nitriles is 1. The summed E-state index contributed by atoms with van der Waals surface area (Å²) in [5.41, 5.74) is 3.79. The molecule has 0 bridgehead atoms. The lowest BCUT2D eigenvalue weighted by atomic mass is 9.87. The minimum Gasteiger partial charge on any atom is -0.454 e. The average molecular weight is 421 g/mol. The van der Waals surface area contributed by atoms with Crippen LogP contribution in [-0.4, -0.2) is 29.1 Å². The summed E-state index contributed by atoms with van der Waals surface area (Å²) < 4.78 is 59.3. The highest BCUT2D eigenvalue weighted by Gasteiger charge is 2.49. The van der Waals surface area contributed by atoms with Crippen LogP contribution in [0.5, 0.6) is 0 Å². The van der Waals surface area contributed by atoms with Gasteiger partial charge in [0.2, 0.25) is 0 Å². The van der Waals surface area contributed by atoms with Gasteiger partial charge in [0.05, 0.1) is 5.56 Å². The summed E-state index contributed by atoms with van der Waals surface area (Å²) in [7, 11) is 0. The lowest BCUT2D eigenvalue weighted by Gasteiger charge is -2.37. The number of pyridine rings is 1. The number of nitrogens with two attached hydrogens (primary N) is 1. The Morgan fingerprint density at radius 3 is 2.70 bits per heavy atom. The molecule has 30 heavy (non-hydrogen) atoms. The molecule has 1 aliphatic heterocycles. The second-order valence-corrected chi connectivity index (χ2v) is 6.75. The van der Waals surface area contributed by atoms with E-state index in [1.165, 1.54) is 37.4 Å². The minimum absolute atomic E-state index is 0.00600. The molecule has 0 saturated heterocycles. The van der Waals surface area contributed by atoms with Gasteiger partial charge in [0.25, 0.3) is 11.9 Å². The zero-order valence-electron chi connectivity index (χ0n) is 15.5. The number of amidine groups is 1. The molecule has 0 unspecified atom stereocenters. The van der Waals surface area contributed by atoms with Crippen molar-refractivity contribution in [1.82, 2.24) is 4.98 Å². The third-order valence-electron chi connectivity index (χ3n) is 4.49. The third-order valence-corrected chi connectivity index (χ3v) is 4.49. The van der Waals surface area contributed by atoms with Crippen molar-refractivity contribution in [2.24, 2.45) is 10.7 Å². The molecule has 7 nitrogen and oxygen atoms in total. The molecule has 3 N–H and O–H groups in total. The number of ether oxygens (including phenoxy) is 1. The monoisotopic (exact) mass is 421 g/mol. The number of amides is 1. The highest BCUT2D eigenvalue weighted by molar-refractivity contribution is 6.02. The predicted molar refractivity (Wildman–Crippen MR) is 97.8 cm³/mol. The molecule has 1 aromatic heterocycles. The van der Waals surface area contributed by atoms with Crippen molar-refractivity contribution in [1.29, 1.82) is 5.26 Å². The van der Waals surface area contributed by atoms with Crippen LogP contribution in [0.25, 0.3) is 0 Å². The topological polar surface area (TPSA) is 113 Å². The fourth-order valence-electron chi connectivity index (χ4n) is 3.02. The van der Waals surface area contributed by atoms with E-state index in [2.05, 4.69) is 15.3 Å². The average Bonchev–Trinajstić information content (AvgIpc) is 2.68. The van der Waals surface area contributed by atoms with Crippen LogP contribution in [0.2, 0.25) is 0 Å². The zero-order chi connectivity index (χ0) is 22.1. The van der Waals surface area contributed by atoms with Crippen LogP contribution in [-0.2, 0) is 10.3 Å². The summed E-state index contributed by atoms with van der Waals surface area (Å²) in [4.78, 5) is 19.4. The molecule has 2 atom stereocenters. The van der Waals surface area contributed by atoms with Gasteiger partial charge in [-0.3, -0.25) is 4.79 Å². The predicted octanol–water partition coefficient (Wildman–Crippen LogP) is 3.23. The van der Waals surface area contributed by atoms with Crippen LogP contribution in [0.1, 0.15) is 35.0 Å². The molecule has 2 heterocycles. The maximum absolute atomic E-state index is 14.5. The van der Waals surface area contributed by atoms with Gasteiger partial charge >= 0.3 is 6.18 Å². The van der Waals surface area contributed by atoms with Crippen molar-refractivity contribution in [3.05, 3.63) is 59.2 Å². The second kappa shape index (κ2) is 7.62. The van der Waals surface area contributed by atoms with E-state index in [1.807, 2.05) is 6.07 Å². The number of hydrogen-bond donors (Lipinski definition) is 2. The molecule has 1 aliphatic rings. The number of nitrogens with zero attached hydrogens (tertiary/aromatic N) is 3. The largest absolute Gasteiger partial charge is 0.454 e. The standard InChI is InChI=1S/C19H15F4N5O2/c1-18(7-15(19(21,22)23)28-17(25)30-18)12-6-11(3-4-13(12)20)27-16(29)14-5-2-10(8-24)9-26-14/h2-6,9,15H,7H2,1H3,(H2,25,28)(H,27,29)/t15-,18-/m0/s1. The first kappa shape index (κ1) is 21.0. The Morgan fingerprint density at radius 1 is 1.37 bits per heavy atom. The van der Waals surface area contributed by atoms with Gasteiger partial charge in [-0.1, -0.05) is 0 Å². The molecule has 0 fully saturated rings. The van der Waals surface area contributed by atoms with Crippen molar-refractivity contribution in [2.45, 2.75) is 31.2 Å². The highest BCUT2D eigenvalue weighted by atomic mass is 19.4. The van der Waals surface area contributed by atoms with Crippen LogP contribution in [0.15, 0.2) is 41.5 Å². The van der Waals surface area contributed by atoms with Crippen LogP contribution < -0.4 is 11.1 Å². The van der Waals surface area contributed by atoms with Gasteiger partial charge in [-0.15, -0.1) is 0 Å². The molecular formula is C19H15F4N5O2. The summed E-state index contributed by atoms with van der Waals surface area (Å²) in [6.45, 7) is 1.26. The Bertz CT molecular complexity index is 1050. The molecule has 1 amide bonds. The molecule has 0 saturated carbocycles. The Balaban J connectivity index is 1.88. The van der Waals surface area contributed by atoms with Crippen molar-refractivity contribution < 1.29 is 27.1 Å². The fourth-order valence-corrected chi connectivity index (χ4v) is 3.02. The zero-order valence-corrected chi connectivity index (χ0v) is 15.5. The van der Waals surface area contributed by atoms with Crippen LogP contribution in [0.4, 0.5) is 23.2 Å². The van der Waals surface area contributed by atoms with Gasteiger partial charge in [0, 0.05) is 23.9 Å². The van der Waals surface area contributed by atoms with Gasteiger partial charge in [-0.2, -0.15) is 18.4 Å². The summed E-state index contributed by atoms with van der Waals surface area (Å²) in [5.74, 6) is -1.48. The number of aliphatic imine (C=N–C) groups is 1. The SMILES string of the molecule is C[C@@]1(c2cc(NC(=O)c3ccc(C#N)cn3)ccc2F)C[C@@H](C(F)(F)F)N=C(N)O1. The fraction of sp³-hybridized carbons (Fsp3) is 0.263. The molecule has 3 rings (SSSR count). The molecular weight excluding hydrogens is 406 g/mol. The summed E-state index contributed by atoms with van der Waals surface area (Å²) >= 11 is 0. The summed E-state index contributed by atoms with van der Waals surface area (Å²) in [6, 6.07) is 5.14. The van der Waals surface area contributed by atoms with E-state index in [-0.39, 0.29) is 22.5 Å². The maximum Gasteiger partial charge on any atom is 0.411 e. The van der Waals surface area contributed by atoms with Gasteiger partial charge in [0.15, 0.2) is 6.04 Å². The van der Waals surface area contributed by atoms with Crippen LogP contribution in [0.3, 0.4) is 0 Å². The number of carbonyl (C=O) groups is 1. The van der Waals surface area contributed by atoms with Gasteiger partial charge in [0.1, 0.15) is 23.2 Å².